The maximum Gasteiger partial charge on any atom is 0.347 e. The number of benzene rings is 1. The Morgan fingerprint density at radius 3 is 2.55 bits per heavy atom. The highest BCUT2D eigenvalue weighted by molar-refractivity contribution is 8.00. The van der Waals surface area contributed by atoms with Crippen molar-refractivity contribution in [3.8, 4) is 6.01 Å². The third-order valence-electron chi connectivity index (χ3n) is 6.16. The van der Waals surface area contributed by atoms with Crippen molar-refractivity contribution in [1.82, 2.24) is 29.0 Å². The molecule has 49 heavy (non-hydrogen) atoms. The van der Waals surface area contributed by atoms with Crippen molar-refractivity contribution in [2.24, 2.45) is 4.99 Å². The molecule has 0 atom stereocenters. The molecule has 1 aliphatic heterocycles. The number of sulfonamides is 1. The molecule has 0 saturated carbocycles. The minimum absolute atomic E-state index is 0.0605. The number of nitrogens with one attached hydrogen (secondary N) is 2. The number of aromatic carboxylic acids is 1. The summed E-state index contributed by atoms with van der Waals surface area (Å²) in [5.74, 6) is -2.32. The first kappa shape index (κ1) is 37.4. The number of amides is 2. The van der Waals surface area contributed by atoms with Crippen LogP contribution in [-0.4, -0.2) is 75.8 Å². The lowest BCUT2D eigenvalue weighted by Gasteiger charge is -2.15. The predicted molar refractivity (Wildman–Crippen MR) is 177 cm³/mol. The van der Waals surface area contributed by atoms with Gasteiger partial charge in [-0.05, 0) is 54.7 Å². The number of aromatic nitrogens is 5. The molecule has 4 heterocycles. The third-order valence-corrected chi connectivity index (χ3v) is 10.9. The molecule has 0 aliphatic carbocycles. The van der Waals surface area contributed by atoms with Crippen LogP contribution in [0.1, 0.15) is 28.3 Å². The molecule has 0 fully saturated rings. The molecule has 5 rings (SSSR count). The molecule has 0 spiro atoms. The molecule has 0 radical (unpaired) electrons. The van der Waals surface area contributed by atoms with Crippen LogP contribution in [0.5, 0.6) is 6.01 Å². The lowest BCUT2D eigenvalue weighted by Crippen LogP contribution is -2.35. The maximum atomic E-state index is 14.3. The first-order valence-electron chi connectivity index (χ1n) is 13.7. The topological polar surface area (TPSA) is 226 Å². The van der Waals surface area contributed by atoms with E-state index in [-0.39, 0.29) is 39.1 Å². The molecule has 0 bridgehead atoms. The van der Waals surface area contributed by atoms with E-state index in [0.717, 1.165) is 59.4 Å². The van der Waals surface area contributed by atoms with Crippen LogP contribution in [0.2, 0.25) is 5.02 Å². The van der Waals surface area contributed by atoms with Crippen LogP contribution in [0.15, 0.2) is 43.2 Å². The van der Waals surface area contributed by atoms with Gasteiger partial charge in [0.15, 0.2) is 0 Å². The van der Waals surface area contributed by atoms with Crippen LogP contribution < -0.4 is 24.5 Å². The molecule has 23 heteroatoms. The van der Waals surface area contributed by atoms with E-state index in [1.165, 1.54) is 32.6 Å². The Labute approximate surface area is 293 Å². The van der Waals surface area contributed by atoms with Gasteiger partial charge in [0.25, 0.3) is 10.0 Å². The van der Waals surface area contributed by atoms with Gasteiger partial charge in [0.2, 0.25) is 10.7 Å². The fourth-order valence-electron chi connectivity index (χ4n) is 4.00. The second-order valence-electron chi connectivity index (χ2n) is 9.49. The number of thioether (sulfide) groups is 1. The molecular formula is C26H26ClFN8O9S4. The molecule has 262 valence electrons. The minimum Gasteiger partial charge on any atom is -0.477 e. The molecule has 4 aromatic rings. The monoisotopic (exact) mass is 776 g/mol. The first-order valence-corrected chi connectivity index (χ1v) is 18.2. The lowest BCUT2D eigenvalue weighted by atomic mass is 10.3. The summed E-state index contributed by atoms with van der Waals surface area (Å²) >= 11 is 8.89. The number of carbonyl (C=O) groups is 3. The Balaban J connectivity index is 0.000000221. The van der Waals surface area contributed by atoms with Crippen molar-refractivity contribution >= 4 is 85.7 Å². The summed E-state index contributed by atoms with van der Waals surface area (Å²) in [6, 6.07) is 2.50. The number of urea groups is 1. The molecule has 2 amide bonds. The molecular weight excluding hydrogens is 751 g/mol. The minimum atomic E-state index is -4.37. The number of aryl methyl sites for hydroxylation is 1. The van der Waals surface area contributed by atoms with Crippen molar-refractivity contribution in [2.45, 2.75) is 42.6 Å². The fraction of sp³-hybridized carbons (Fsp3) is 0.308. The highest BCUT2D eigenvalue weighted by atomic mass is 35.5. The van der Waals surface area contributed by atoms with Crippen molar-refractivity contribution in [3.63, 3.8) is 0 Å². The van der Waals surface area contributed by atoms with Crippen LogP contribution in [0.4, 0.5) is 20.8 Å². The van der Waals surface area contributed by atoms with Gasteiger partial charge in [-0.25, -0.2) is 36.8 Å². The van der Waals surface area contributed by atoms with Gasteiger partial charge in [0.05, 0.1) is 25.0 Å². The van der Waals surface area contributed by atoms with Gasteiger partial charge in [0.1, 0.15) is 27.1 Å². The number of carboxylic acid groups (broad SMARTS) is 1. The highest BCUT2D eigenvalue weighted by Crippen LogP contribution is 2.33. The van der Waals surface area contributed by atoms with Crippen molar-refractivity contribution in [2.75, 3.05) is 25.3 Å². The number of esters is 1. The second kappa shape index (κ2) is 16.3. The van der Waals surface area contributed by atoms with E-state index in [4.69, 9.17) is 21.4 Å². The number of nitrogens with zero attached hydrogens (tertiary/aromatic N) is 6. The molecule has 3 N–H and O–H groups in total. The molecule has 0 saturated heterocycles. The molecule has 17 nitrogen and oxygen atoms in total. The predicted octanol–water partition coefficient (Wildman–Crippen LogP) is 3.25. The summed E-state index contributed by atoms with van der Waals surface area (Å²) in [4.78, 5) is 61.7. The number of methoxy groups -OCH3 is 2. The normalized spacial score (nSPS) is 12.7. The fourth-order valence-corrected chi connectivity index (χ4v) is 8.16. The van der Waals surface area contributed by atoms with Crippen molar-refractivity contribution in [3.05, 3.63) is 59.6 Å². The summed E-state index contributed by atoms with van der Waals surface area (Å²) in [7, 11) is -1.76. The summed E-state index contributed by atoms with van der Waals surface area (Å²) in [5, 5.41) is 12.5. The van der Waals surface area contributed by atoms with Gasteiger partial charge in [-0.3, -0.25) is 19.6 Å². The van der Waals surface area contributed by atoms with Gasteiger partial charge in [-0.2, -0.15) is 15.0 Å². The Kier molecular flexibility index (Phi) is 12.5. The molecule has 0 unspecified atom stereocenters. The first-order chi connectivity index (χ1) is 23.2. The van der Waals surface area contributed by atoms with Crippen LogP contribution in [-0.2, 0) is 32.6 Å². The average Bonchev–Trinajstić information content (AvgIpc) is 3.67. The van der Waals surface area contributed by atoms with E-state index in [9.17, 15) is 32.0 Å². The number of thiophene rings is 1. The Morgan fingerprint density at radius 1 is 1.16 bits per heavy atom. The zero-order valence-corrected chi connectivity index (χ0v) is 29.7. The number of carbonyl (C=O) groups excluding carboxylic acids is 2. The number of ether oxygens (including phenoxy) is 2. The largest absolute Gasteiger partial charge is 0.477 e. The highest BCUT2D eigenvalue weighted by Gasteiger charge is 2.26. The number of anilines is 1. The van der Waals surface area contributed by atoms with Gasteiger partial charge in [-0.15, -0.1) is 23.1 Å². The van der Waals surface area contributed by atoms with Crippen molar-refractivity contribution < 1.29 is 41.8 Å². The Hall–Kier alpha value is -4.38. The summed E-state index contributed by atoms with van der Waals surface area (Å²) in [6.45, 7) is 2.85. The van der Waals surface area contributed by atoms with Crippen LogP contribution >= 0.6 is 46.0 Å². The van der Waals surface area contributed by atoms with E-state index in [2.05, 4.69) is 30.0 Å². The summed E-state index contributed by atoms with van der Waals surface area (Å²) < 4.78 is 52.9. The number of carboxylic acids is 1. The second-order valence-corrected chi connectivity index (χ2v) is 14.4. The Morgan fingerprint density at radius 2 is 1.88 bits per heavy atom. The maximum absolute atomic E-state index is 14.3. The number of hydrogen-bond acceptors (Lipinski definition) is 15. The average molecular weight is 777 g/mol. The number of halogens is 2. The van der Waals surface area contributed by atoms with Gasteiger partial charge < -0.3 is 14.6 Å². The zero-order chi connectivity index (χ0) is 35.9. The number of fused-ring (bicyclic) bond motifs is 1. The zero-order valence-electron chi connectivity index (χ0n) is 25.6. The lowest BCUT2D eigenvalue weighted by molar-refractivity contribution is -0.137. The van der Waals surface area contributed by atoms with Crippen LogP contribution in [0.3, 0.4) is 0 Å². The smallest absolute Gasteiger partial charge is 0.347 e. The van der Waals surface area contributed by atoms with E-state index in [1.807, 2.05) is 0 Å². The molecule has 3 aromatic heterocycles. The third kappa shape index (κ3) is 9.62. The number of rotatable bonds is 9. The quantitative estimate of drug-likeness (QED) is 0.164. The van der Waals surface area contributed by atoms with Crippen LogP contribution in [0, 0.1) is 12.7 Å². The SMILES string of the molecule is COC(=O)CSc1cc(/N=c2\sc(=O)n3n2CCCC3)c(F)cc1Cl.COc1nc(C)nc(NC(=O)NS(=O)(=O)c2ccsc2C(=O)O)n1. The van der Waals surface area contributed by atoms with E-state index >= 15 is 0 Å². The van der Waals surface area contributed by atoms with E-state index in [1.54, 1.807) is 14.1 Å². The van der Waals surface area contributed by atoms with E-state index in [0.29, 0.717) is 22.8 Å². The molecule has 1 aliphatic rings. The van der Waals surface area contributed by atoms with Gasteiger partial charge in [0, 0.05) is 18.0 Å². The van der Waals surface area contributed by atoms with Gasteiger partial charge in [-0.1, -0.05) is 11.6 Å². The summed E-state index contributed by atoms with van der Waals surface area (Å²) in [5.41, 5.74) is 0.0829. The van der Waals surface area contributed by atoms with Crippen LogP contribution in [0.25, 0.3) is 0 Å². The standard InChI is InChI=1S/C15H15ClFN3O3S2.C11H11N5O6S2/c1-23-13(21)8-24-12-7-11(10(17)6-9(12)16)18-14-19-4-2-3-5-20(19)15(22)25-14;1-5-12-9(15-11(13-5)22-2)14-10(19)16-24(20,21)6-3-4-23-7(6)8(17)18/h6-7H,2-5,8H2,1H3;3-4H,1-2H3,(H,17,18)(H2,12,13,14,15,16,19)/b18-14-;. The summed E-state index contributed by atoms with van der Waals surface area (Å²) in [6.07, 6.45) is 1.90. The molecule has 1 aromatic carbocycles. The van der Waals surface area contributed by atoms with Crippen molar-refractivity contribution in [1.29, 1.82) is 0 Å². The Bertz CT molecular complexity index is 2130. The van der Waals surface area contributed by atoms with Gasteiger partial charge >= 0.3 is 28.9 Å². The van der Waals surface area contributed by atoms with E-state index < -0.39 is 43.6 Å². The number of hydrogen-bond donors (Lipinski definition) is 3.